The minimum atomic E-state index is 0.0379. The van der Waals surface area contributed by atoms with Crippen LogP contribution in [0.1, 0.15) is 22.4 Å². The summed E-state index contributed by atoms with van der Waals surface area (Å²) in [6.07, 6.45) is 8.44. The van der Waals surface area contributed by atoms with E-state index in [9.17, 15) is 4.79 Å². The fraction of sp³-hybridized carbons (Fsp3) is 0.333. The summed E-state index contributed by atoms with van der Waals surface area (Å²) >= 11 is 1.67. The van der Waals surface area contributed by atoms with E-state index < -0.39 is 0 Å². The normalized spacial score (nSPS) is 15.9. The average molecular weight is 422 g/mol. The van der Waals surface area contributed by atoms with Gasteiger partial charge in [0.25, 0.3) is 5.56 Å². The zero-order valence-electron chi connectivity index (χ0n) is 17.3. The molecule has 0 saturated heterocycles. The minimum absolute atomic E-state index is 0.0379. The molecule has 0 amide bonds. The Morgan fingerprint density at radius 1 is 1.30 bits per heavy atom. The van der Waals surface area contributed by atoms with E-state index in [-0.39, 0.29) is 5.56 Å². The standard InChI is InChI=1S/C24H27N3O2S/c1-4-12-26(13-5-2)18-10-11-19-21(14-18)30-23-22(19)24(28)27(16-25-23)15-17-8-6-7-9-20(17)29-3/h4-9,16,18H,1-2,10-15H2,3H3. The van der Waals surface area contributed by atoms with Gasteiger partial charge in [0.1, 0.15) is 10.6 Å². The number of hydrogen-bond acceptors (Lipinski definition) is 5. The van der Waals surface area contributed by atoms with Gasteiger partial charge in [-0.2, -0.15) is 0 Å². The summed E-state index contributed by atoms with van der Waals surface area (Å²) in [5, 5.41) is 0.796. The number of fused-ring (bicyclic) bond motifs is 3. The third-order valence-electron chi connectivity index (χ3n) is 5.79. The van der Waals surface area contributed by atoms with Crippen LogP contribution in [0.3, 0.4) is 0 Å². The highest BCUT2D eigenvalue weighted by atomic mass is 32.1. The number of benzene rings is 1. The summed E-state index contributed by atoms with van der Waals surface area (Å²) in [5.74, 6) is 0.782. The maximum absolute atomic E-state index is 13.3. The molecule has 1 aliphatic carbocycles. The molecule has 1 aliphatic rings. The quantitative estimate of drug-likeness (QED) is 0.515. The topological polar surface area (TPSA) is 47.4 Å². The third-order valence-corrected chi connectivity index (χ3v) is 6.95. The zero-order chi connectivity index (χ0) is 21.1. The van der Waals surface area contributed by atoms with Crippen LogP contribution < -0.4 is 10.3 Å². The molecule has 1 atom stereocenters. The SMILES string of the molecule is C=CCN(CC=C)C1CCc2c(sc3ncn(Cc4ccccc4OC)c(=O)c23)C1. The second-order valence-corrected chi connectivity index (χ2v) is 8.68. The Balaban J connectivity index is 1.67. The lowest BCUT2D eigenvalue weighted by atomic mass is 9.92. The molecule has 0 fully saturated rings. The number of aromatic nitrogens is 2. The lowest BCUT2D eigenvalue weighted by Crippen LogP contribution is -2.39. The van der Waals surface area contributed by atoms with Crippen molar-refractivity contribution in [3.05, 3.63) is 82.3 Å². The monoisotopic (exact) mass is 421 g/mol. The molecule has 0 aliphatic heterocycles. The van der Waals surface area contributed by atoms with Gasteiger partial charge in [0, 0.05) is 29.6 Å². The van der Waals surface area contributed by atoms with Gasteiger partial charge in [0.15, 0.2) is 0 Å². The van der Waals surface area contributed by atoms with E-state index >= 15 is 0 Å². The number of thiophene rings is 1. The summed E-state index contributed by atoms with van der Waals surface area (Å²) in [5.41, 5.74) is 2.20. The number of methoxy groups -OCH3 is 1. The Morgan fingerprint density at radius 3 is 2.80 bits per heavy atom. The fourth-order valence-electron chi connectivity index (χ4n) is 4.33. The molecule has 156 valence electrons. The predicted molar refractivity (Wildman–Crippen MR) is 124 cm³/mol. The number of ether oxygens (including phenoxy) is 1. The molecule has 2 aromatic heterocycles. The predicted octanol–water partition coefficient (Wildman–Crippen LogP) is 4.05. The van der Waals surface area contributed by atoms with E-state index in [1.54, 1.807) is 29.3 Å². The van der Waals surface area contributed by atoms with Crippen molar-refractivity contribution in [3.8, 4) is 5.75 Å². The van der Waals surface area contributed by atoms with E-state index in [1.165, 1.54) is 10.4 Å². The van der Waals surface area contributed by atoms with Crippen LogP contribution in [0.5, 0.6) is 5.75 Å². The van der Waals surface area contributed by atoms with Crippen molar-refractivity contribution in [3.63, 3.8) is 0 Å². The van der Waals surface area contributed by atoms with Crippen LogP contribution in [-0.4, -0.2) is 40.7 Å². The first-order valence-corrected chi connectivity index (χ1v) is 11.0. The summed E-state index contributed by atoms with van der Waals surface area (Å²) in [6, 6.07) is 8.23. The Bertz CT molecular complexity index is 1120. The Hall–Kier alpha value is -2.70. The van der Waals surface area contributed by atoms with Crippen LogP contribution in [0, 0.1) is 0 Å². The Morgan fingerprint density at radius 2 is 2.07 bits per heavy atom. The van der Waals surface area contributed by atoms with Gasteiger partial charge in [-0.25, -0.2) is 4.98 Å². The van der Waals surface area contributed by atoms with E-state index in [4.69, 9.17) is 4.74 Å². The molecule has 0 saturated carbocycles. The summed E-state index contributed by atoms with van der Waals surface area (Å²) in [7, 11) is 1.65. The van der Waals surface area contributed by atoms with Crippen molar-refractivity contribution in [2.45, 2.75) is 31.8 Å². The largest absolute Gasteiger partial charge is 0.496 e. The van der Waals surface area contributed by atoms with Gasteiger partial charge in [-0.15, -0.1) is 24.5 Å². The highest BCUT2D eigenvalue weighted by Crippen LogP contribution is 2.35. The molecule has 5 nitrogen and oxygen atoms in total. The molecule has 6 heteroatoms. The molecule has 30 heavy (non-hydrogen) atoms. The molecule has 4 rings (SSSR count). The van der Waals surface area contributed by atoms with Gasteiger partial charge in [-0.05, 0) is 30.9 Å². The molecular weight excluding hydrogens is 394 g/mol. The van der Waals surface area contributed by atoms with Crippen LogP contribution in [-0.2, 0) is 19.4 Å². The van der Waals surface area contributed by atoms with Gasteiger partial charge in [0.05, 0.1) is 25.4 Å². The van der Waals surface area contributed by atoms with Crippen LogP contribution in [0.25, 0.3) is 10.2 Å². The van der Waals surface area contributed by atoms with Gasteiger partial charge in [0.2, 0.25) is 0 Å². The summed E-state index contributed by atoms with van der Waals surface area (Å²) in [6.45, 7) is 9.92. The molecule has 0 N–H and O–H groups in total. The van der Waals surface area contributed by atoms with Gasteiger partial charge in [-0.3, -0.25) is 14.3 Å². The van der Waals surface area contributed by atoms with Crippen molar-refractivity contribution in [1.82, 2.24) is 14.5 Å². The van der Waals surface area contributed by atoms with Crippen LogP contribution in [0.4, 0.5) is 0 Å². The number of rotatable bonds is 8. The summed E-state index contributed by atoms with van der Waals surface area (Å²) < 4.78 is 7.14. The molecule has 0 spiro atoms. The van der Waals surface area contributed by atoms with Gasteiger partial charge < -0.3 is 4.74 Å². The van der Waals surface area contributed by atoms with Gasteiger partial charge in [-0.1, -0.05) is 30.4 Å². The molecular formula is C24H27N3O2S. The molecule has 1 aromatic carbocycles. The average Bonchev–Trinajstić information content (AvgIpc) is 3.14. The summed E-state index contributed by atoms with van der Waals surface area (Å²) in [4.78, 5) is 22.5. The zero-order valence-corrected chi connectivity index (χ0v) is 18.2. The maximum Gasteiger partial charge on any atom is 0.262 e. The smallest absolute Gasteiger partial charge is 0.262 e. The highest BCUT2D eigenvalue weighted by molar-refractivity contribution is 7.18. The fourth-order valence-corrected chi connectivity index (χ4v) is 5.58. The first kappa shape index (κ1) is 20.6. The second-order valence-electron chi connectivity index (χ2n) is 7.60. The molecule has 1 unspecified atom stereocenters. The van der Waals surface area contributed by atoms with Gasteiger partial charge >= 0.3 is 0 Å². The van der Waals surface area contributed by atoms with Crippen molar-refractivity contribution in [2.75, 3.05) is 20.2 Å². The molecule has 0 bridgehead atoms. The first-order chi connectivity index (χ1) is 14.7. The van der Waals surface area contributed by atoms with Crippen molar-refractivity contribution in [1.29, 1.82) is 0 Å². The lowest BCUT2D eigenvalue weighted by Gasteiger charge is -2.32. The third kappa shape index (κ3) is 3.85. The van der Waals surface area contributed by atoms with E-state index in [0.717, 1.165) is 53.9 Å². The first-order valence-electron chi connectivity index (χ1n) is 10.2. The van der Waals surface area contributed by atoms with Crippen molar-refractivity contribution < 1.29 is 4.74 Å². The number of hydrogen-bond donors (Lipinski definition) is 0. The van der Waals surface area contributed by atoms with Crippen molar-refractivity contribution in [2.24, 2.45) is 0 Å². The second kappa shape index (κ2) is 8.98. The van der Waals surface area contributed by atoms with Crippen molar-refractivity contribution >= 4 is 21.6 Å². The van der Waals surface area contributed by atoms with E-state index in [1.807, 2.05) is 36.4 Å². The number of aryl methyl sites for hydroxylation is 1. The molecule has 0 radical (unpaired) electrons. The molecule has 3 aromatic rings. The van der Waals surface area contributed by atoms with Crippen LogP contribution in [0.15, 0.2) is 60.7 Å². The maximum atomic E-state index is 13.3. The van der Waals surface area contributed by atoms with Crippen LogP contribution in [0.2, 0.25) is 0 Å². The number of para-hydroxylation sites is 1. The minimum Gasteiger partial charge on any atom is -0.496 e. The van der Waals surface area contributed by atoms with E-state index in [0.29, 0.717) is 12.6 Å². The lowest BCUT2D eigenvalue weighted by molar-refractivity contribution is 0.221. The number of nitrogens with zero attached hydrogens (tertiary/aromatic N) is 3. The van der Waals surface area contributed by atoms with E-state index in [2.05, 4.69) is 23.0 Å². The van der Waals surface area contributed by atoms with Crippen LogP contribution >= 0.6 is 11.3 Å². The Labute approximate surface area is 180 Å². The molecule has 2 heterocycles. The Kier molecular flexibility index (Phi) is 6.16. The highest BCUT2D eigenvalue weighted by Gasteiger charge is 2.28.